The monoisotopic (exact) mass is 628 g/mol. The highest BCUT2D eigenvalue weighted by molar-refractivity contribution is 7.89. The van der Waals surface area contributed by atoms with Crippen molar-refractivity contribution in [1.82, 2.24) is 0 Å². The van der Waals surface area contributed by atoms with Gasteiger partial charge in [0, 0.05) is 30.6 Å². The maximum Gasteiger partial charge on any atom is 0.335 e. The van der Waals surface area contributed by atoms with Crippen LogP contribution in [-0.2, 0) is 26.6 Å². The SMILES string of the molecule is COC(C1=CC[C@@H](CS(N)(=O)=O)CC1)[C@@H]1CC[C@H]1CN1CC2(CCCc3cc(Cl)ccc32)COc2ccc(C(=O)O)cc21. The third kappa shape index (κ3) is 6.32. The van der Waals surface area contributed by atoms with Gasteiger partial charge in [0.25, 0.3) is 0 Å². The number of nitrogens with zero attached hydrogens (tertiary/aromatic N) is 1. The number of allylic oxidation sites excluding steroid dienone is 1. The second kappa shape index (κ2) is 12.1. The number of rotatable bonds is 8. The maximum atomic E-state index is 12.0. The molecule has 43 heavy (non-hydrogen) atoms. The van der Waals surface area contributed by atoms with E-state index in [2.05, 4.69) is 23.1 Å². The van der Waals surface area contributed by atoms with E-state index in [-0.39, 0.29) is 28.8 Å². The van der Waals surface area contributed by atoms with E-state index in [1.165, 1.54) is 16.7 Å². The van der Waals surface area contributed by atoms with Crippen molar-refractivity contribution < 1.29 is 27.8 Å². The molecule has 0 saturated heterocycles. The Labute approximate surface area is 259 Å². The van der Waals surface area contributed by atoms with Crippen LogP contribution in [0.4, 0.5) is 5.69 Å². The molecule has 4 aliphatic rings. The van der Waals surface area contributed by atoms with Crippen LogP contribution in [0, 0.1) is 17.8 Å². The Bertz CT molecular complexity index is 1530. The smallest absolute Gasteiger partial charge is 0.335 e. The van der Waals surface area contributed by atoms with Gasteiger partial charge in [0.1, 0.15) is 5.75 Å². The van der Waals surface area contributed by atoms with Crippen molar-refractivity contribution in [3.63, 3.8) is 0 Å². The lowest BCUT2D eigenvalue weighted by molar-refractivity contribution is 0.00323. The summed E-state index contributed by atoms with van der Waals surface area (Å²) in [7, 11) is -1.72. The van der Waals surface area contributed by atoms with E-state index in [9.17, 15) is 18.3 Å². The van der Waals surface area contributed by atoms with E-state index in [0.717, 1.165) is 74.5 Å². The summed E-state index contributed by atoms with van der Waals surface area (Å²) in [6.45, 7) is 2.03. The van der Waals surface area contributed by atoms with Gasteiger partial charge in [0.05, 0.1) is 29.7 Å². The second-order valence-electron chi connectivity index (χ2n) is 13.0. The fourth-order valence-electron chi connectivity index (χ4n) is 8.00. The molecule has 2 aromatic carbocycles. The normalized spacial score (nSPS) is 27.7. The largest absolute Gasteiger partial charge is 0.490 e. The number of hydrogen-bond acceptors (Lipinski definition) is 6. The molecule has 2 unspecified atom stereocenters. The highest BCUT2D eigenvalue weighted by Crippen LogP contribution is 2.48. The lowest BCUT2D eigenvalue weighted by atomic mass is 9.66. The minimum Gasteiger partial charge on any atom is -0.490 e. The van der Waals surface area contributed by atoms with Crippen molar-refractivity contribution in [1.29, 1.82) is 0 Å². The Kier molecular flexibility index (Phi) is 8.54. The van der Waals surface area contributed by atoms with Gasteiger partial charge in [0.2, 0.25) is 10.0 Å². The van der Waals surface area contributed by atoms with Gasteiger partial charge in [-0.05, 0) is 116 Å². The van der Waals surface area contributed by atoms with Crippen molar-refractivity contribution in [3.8, 4) is 5.75 Å². The summed E-state index contributed by atoms with van der Waals surface area (Å²) in [5.74, 6) is 0.525. The number of hydrogen-bond donors (Lipinski definition) is 2. The number of nitrogens with two attached hydrogens (primary N) is 1. The first-order valence-corrected chi connectivity index (χ1v) is 17.4. The van der Waals surface area contributed by atoms with Crippen LogP contribution < -0.4 is 14.8 Å². The molecule has 10 heteroatoms. The number of aromatic carboxylic acids is 1. The molecule has 1 fully saturated rings. The quantitative estimate of drug-likeness (QED) is 0.367. The number of aryl methyl sites for hydroxylation is 1. The standard InChI is InChI=1S/C33H41ClN2O6S/c1-41-31(22-6-4-21(5-7-22)18-43(35,39)40)27-11-8-25(27)17-36-19-33(14-2-3-23-15-26(34)10-12-28(23)33)20-42-30-13-9-24(32(37)38)16-29(30)36/h6,9-10,12-13,15-16,21,25,27,31H,2-5,7-8,11,14,17-20H2,1H3,(H,37,38)(H2,35,39,40)/t21-,25+,27-,31?,33?/m1/s1. The van der Waals surface area contributed by atoms with Crippen LogP contribution in [0.15, 0.2) is 48.0 Å². The minimum absolute atomic E-state index is 0.0197. The number of sulfonamides is 1. The number of halogens is 1. The summed E-state index contributed by atoms with van der Waals surface area (Å²) in [5, 5.41) is 15.9. The van der Waals surface area contributed by atoms with Gasteiger partial charge in [-0.1, -0.05) is 23.7 Å². The number of ether oxygens (including phenoxy) is 2. The van der Waals surface area contributed by atoms with Crippen LogP contribution in [0.3, 0.4) is 0 Å². The molecule has 5 atom stereocenters. The minimum atomic E-state index is -3.49. The highest BCUT2D eigenvalue weighted by atomic mass is 35.5. The number of primary sulfonamides is 1. The third-order valence-corrected chi connectivity index (χ3v) is 11.4. The van der Waals surface area contributed by atoms with Crippen LogP contribution >= 0.6 is 11.6 Å². The van der Waals surface area contributed by atoms with Crippen LogP contribution in [0.25, 0.3) is 0 Å². The average molecular weight is 629 g/mol. The molecule has 0 aromatic heterocycles. The van der Waals surface area contributed by atoms with Crippen LogP contribution in [-0.4, -0.2) is 58.2 Å². The summed E-state index contributed by atoms with van der Waals surface area (Å²) in [5.41, 5.74) is 4.65. The van der Waals surface area contributed by atoms with Crippen LogP contribution in [0.5, 0.6) is 5.75 Å². The van der Waals surface area contributed by atoms with Crippen molar-refractivity contribution in [3.05, 3.63) is 69.8 Å². The van der Waals surface area contributed by atoms with Crippen molar-refractivity contribution >= 4 is 33.3 Å². The highest BCUT2D eigenvalue weighted by Gasteiger charge is 2.45. The van der Waals surface area contributed by atoms with E-state index < -0.39 is 16.0 Å². The molecular weight excluding hydrogens is 588 g/mol. The number of fused-ring (bicyclic) bond motifs is 3. The average Bonchev–Trinajstić information content (AvgIpc) is 3.10. The zero-order valence-corrected chi connectivity index (χ0v) is 26.2. The molecular formula is C33H41ClN2O6S. The molecule has 8 nitrogen and oxygen atoms in total. The Hall–Kier alpha value is -2.59. The lowest BCUT2D eigenvalue weighted by Gasteiger charge is -2.47. The van der Waals surface area contributed by atoms with E-state index >= 15 is 0 Å². The molecule has 0 bridgehead atoms. The number of carbonyl (C=O) groups is 1. The summed E-state index contributed by atoms with van der Waals surface area (Å²) in [4.78, 5) is 14.4. The van der Waals surface area contributed by atoms with E-state index in [4.69, 9.17) is 26.2 Å². The second-order valence-corrected chi connectivity index (χ2v) is 15.1. The Balaban J connectivity index is 1.28. The molecule has 2 aromatic rings. The van der Waals surface area contributed by atoms with Gasteiger partial charge < -0.3 is 19.5 Å². The Morgan fingerprint density at radius 2 is 2.05 bits per heavy atom. The molecule has 0 radical (unpaired) electrons. The Morgan fingerprint density at radius 3 is 2.72 bits per heavy atom. The van der Waals surface area contributed by atoms with Gasteiger partial charge in [-0.15, -0.1) is 0 Å². The van der Waals surface area contributed by atoms with Gasteiger partial charge in [-0.3, -0.25) is 0 Å². The molecule has 0 amide bonds. The van der Waals surface area contributed by atoms with Gasteiger partial charge >= 0.3 is 5.97 Å². The molecule has 1 aliphatic heterocycles. The molecule has 1 spiro atoms. The van der Waals surface area contributed by atoms with Crippen LogP contribution in [0.2, 0.25) is 5.02 Å². The maximum absolute atomic E-state index is 12.0. The van der Waals surface area contributed by atoms with Gasteiger partial charge in [-0.25, -0.2) is 18.4 Å². The van der Waals surface area contributed by atoms with Crippen molar-refractivity contribution in [2.45, 2.75) is 62.9 Å². The predicted octanol–water partition coefficient (Wildman–Crippen LogP) is 5.57. The third-order valence-electron chi connectivity index (χ3n) is 10.2. The summed E-state index contributed by atoms with van der Waals surface area (Å²) in [6, 6.07) is 11.4. The summed E-state index contributed by atoms with van der Waals surface area (Å²) < 4.78 is 35.9. The molecule has 6 rings (SSSR count). The first-order chi connectivity index (χ1) is 20.5. The molecule has 232 valence electrons. The van der Waals surface area contributed by atoms with Crippen molar-refractivity contribution in [2.75, 3.05) is 37.5 Å². The predicted molar refractivity (Wildman–Crippen MR) is 168 cm³/mol. The Morgan fingerprint density at radius 1 is 1.21 bits per heavy atom. The molecule has 3 N–H and O–H groups in total. The topological polar surface area (TPSA) is 119 Å². The fourth-order valence-corrected chi connectivity index (χ4v) is 9.15. The molecule has 3 aliphatic carbocycles. The number of carboxylic acids is 1. The van der Waals surface area contributed by atoms with Gasteiger partial charge in [-0.2, -0.15) is 0 Å². The summed E-state index contributed by atoms with van der Waals surface area (Å²) >= 11 is 6.39. The fraction of sp³-hybridized carbons (Fsp3) is 0.545. The first-order valence-electron chi connectivity index (χ1n) is 15.3. The van der Waals surface area contributed by atoms with Crippen molar-refractivity contribution in [2.24, 2.45) is 22.9 Å². The molecule has 1 heterocycles. The zero-order chi connectivity index (χ0) is 30.4. The lowest BCUT2D eigenvalue weighted by Crippen LogP contribution is -2.50. The number of benzene rings is 2. The van der Waals surface area contributed by atoms with E-state index in [1.807, 2.05) is 6.07 Å². The molecule has 1 saturated carbocycles. The van der Waals surface area contributed by atoms with E-state index in [0.29, 0.717) is 24.9 Å². The van der Waals surface area contributed by atoms with E-state index in [1.54, 1.807) is 25.3 Å². The van der Waals surface area contributed by atoms with Gasteiger partial charge in [0.15, 0.2) is 0 Å². The number of methoxy groups -OCH3 is 1. The first kappa shape index (κ1) is 30.4. The van der Waals surface area contributed by atoms with Crippen LogP contribution in [0.1, 0.15) is 66.4 Å². The number of carboxylic acid groups (broad SMARTS) is 1. The zero-order valence-electron chi connectivity index (χ0n) is 24.6. The number of anilines is 1. The summed E-state index contributed by atoms with van der Waals surface area (Å²) in [6.07, 6.45) is 9.59.